The van der Waals surface area contributed by atoms with Gasteiger partial charge in [0.25, 0.3) is 0 Å². The molecule has 2 heterocycles. The summed E-state index contributed by atoms with van der Waals surface area (Å²) in [5.41, 5.74) is 8.60. The van der Waals surface area contributed by atoms with Crippen molar-refractivity contribution in [2.75, 3.05) is 11.1 Å². The second-order valence-corrected chi connectivity index (χ2v) is 5.14. The highest BCUT2D eigenvalue weighted by Crippen LogP contribution is 2.39. The number of aromatic nitrogens is 2. The Morgan fingerprint density at radius 3 is 2.79 bits per heavy atom. The Labute approximate surface area is 110 Å². The smallest absolute Gasteiger partial charge is 0.234 e. The summed E-state index contributed by atoms with van der Waals surface area (Å²) in [6, 6.07) is 7.60. The number of nitrogens with one attached hydrogen (secondary N) is 1. The second-order valence-electron chi connectivity index (χ2n) is 5.14. The van der Waals surface area contributed by atoms with Crippen LogP contribution < -0.4 is 11.1 Å². The number of nitrogen functional groups attached to an aromatic ring is 1. The number of fused-ring (bicyclic) bond motifs is 1. The zero-order valence-electron chi connectivity index (χ0n) is 10.8. The second kappa shape index (κ2) is 3.78. The molecule has 1 aromatic heterocycles. The number of anilines is 2. The van der Waals surface area contributed by atoms with Crippen molar-refractivity contribution in [2.45, 2.75) is 19.3 Å². The molecule has 0 spiro atoms. The van der Waals surface area contributed by atoms with Crippen molar-refractivity contribution >= 4 is 17.5 Å². The van der Waals surface area contributed by atoms with E-state index in [1.165, 1.54) is 0 Å². The molecule has 5 heteroatoms. The number of benzene rings is 1. The van der Waals surface area contributed by atoms with Gasteiger partial charge in [0.1, 0.15) is 0 Å². The maximum absolute atomic E-state index is 11.9. The molecule has 1 amide bonds. The van der Waals surface area contributed by atoms with Gasteiger partial charge in [-0.2, -0.15) is 0 Å². The van der Waals surface area contributed by atoms with Crippen molar-refractivity contribution in [3.8, 4) is 11.3 Å². The third kappa shape index (κ3) is 1.74. The lowest BCUT2D eigenvalue weighted by Crippen LogP contribution is -2.26. The van der Waals surface area contributed by atoms with E-state index in [9.17, 15) is 4.79 Å². The number of carbonyl (C=O) groups excluding carboxylic acids is 1. The Bertz CT molecular complexity index is 679. The maximum Gasteiger partial charge on any atom is 0.234 e. The Kier molecular flexibility index (Phi) is 2.32. The van der Waals surface area contributed by atoms with Gasteiger partial charge in [0.05, 0.1) is 11.1 Å². The number of hydrogen-bond acceptors (Lipinski definition) is 4. The van der Waals surface area contributed by atoms with Gasteiger partial charge in [-0.25, -0.2) is 9.97 Å². The lowest BCUT2D eigenvalue weighted by molar-refractivity contribution is -0.119. The van der Waals surface area contributed by atoms with Crippen LogP contribution in [0.25, 0.3) is 11.3 Å². The molecule has 0 fully saturated rings. The first-order valence-electron chi connectivity index (χ1n) is 6.03. The largest absolute Gasteiger partial charge is 0.368 e. The monoisotopic (exact) mass is 254 g/mol. The van der Waals surface area contributed by atoms with E-state index < -0.39 is 5.41 Å². The van der Waals surface area contributed by atoms with E-state index in [1.54, 1.807) is 12.3 Å². The van der Waals surface area contributed by atoms with E-state index in [-0.39, 0.29) is 11.9 Å². The number of amides is 1. The van der Waals surface area contributed by atoms with Gasteiger partial charge < -0.3 is 11.1 Å². The van der Waals surface area contributed by atoms with Crippen LogP contribution in [0.15, 0.2) is 30.5 Å². The van der Waals surface area contributed by atoms with E-state index in [0.717, 1.165) is 22.5 Å². The van der Waals surface area contributed by atoms with E-state index in [4.69, 9.17) is 5.73 Å². The third-order valence-corrected chi connectivity index (χ3v) is 3.48. The number of hydrogen-bond donors (Lipinski definition) is 2. The lowest BCUT2D eigenvalue weighted by atomic mass is 9.85. The molecule has 0 radical (unpaired) electrons. The zero-order valence-corrected chi connectivity index (χ0v) is 10.8. The normalized spacial score (nSPS) is 16.0. The molecule has 1 aliphatic heterocycles. The first kappa shape index (κ1) is 11.6. The van der Waals surface area contributed by atoms with Crippen molar-refractivity contribution in [1.29, 1.82) is 0 Å². The highest BCUT2D eigenvalue weighted by atomic mass is 16.2. The van der Waals surface area contributed by atoms with Gasteiger partial charge in [-0.05, 0) is 37.6 Å². The van der Waals surface area contributed by atoms with Gasteiger partial charge in [0.15, 0.2) is 0 Å². The Morgan fingerprint density at radius 1 is 1.26 bits per heavy atom. The fourth-order valence-electron chi connectivity index (χ4n) is 2.27. The molecule has 0 unspecified atom stereocenters. The van der Waals surface area contributed by atoms with Crippen LogP contribution in [-0.4, -0.2) is 15.9 Å². The molecule has 96 valence electrons. The van der Waals surface area contributed by atoms with E-state index in [2.05, 4.69) is 15.3 Å². The van der Waals surface area contributed by atoms with Crippen LogP contribution in [0.2, 0.25) is 0 Å². The Hall–Kier alpha value is -2.43. The minimum atomic E-state index is -0.524. The number of nitrogens with zero attached hydrogens (tertiary/aromatic N) is 2. The summed E-state index contributed by atoms with van der Waals surface area (Å²) >= 11 is 0. The molecule has 19 heavy (non-hydrogen) atoms. The van der Waals surface area contributed by atoms with Crippen molar-refractivity contribution in [3.05, 3.63) is 36.0 Å². The molecular weight excluding hydrogens is 240 g/mol. The average Bonchev–Trinajstić information content (AvgIpc) is 2.60. The van der Waals surface area contributed by atoms with Gasteiger partial charge in [-0.1, -0.05) is 6.07 Å². The molecule has 2 aromatic rings. The molecule has 5 nitrogen and oxygen atoms in total. The first-order valence-corrected chi connectivity index (χ1v) is 6.03. The number of nitrogens with two attached hydrogens (primary N) is 1. The standard InChI is InChI=1S/C14H14N4O/c1-14(2)9-7-8(3-4-11(9)17-12(14)19)10-5-6-16-13(15)18-10/h3-7H,1-2H3,(H,17,19)(H2,15,16,18). The highest BCUT2D eigenvalue weighted by Gasteiger charge is 2.38. The molecule has 0 atom stereocenters. The van der Waals surface area contributed by atoms with Crippen LogP contribution >= 0.6 is 0 Å². The molecule has 0 saturated carbocycles. The Balaban J connectivity index is 2.13. The Morgan fingerprint density at radius 2 is 2.05 bits per heavy atom. The molecule has 0 aliphatic carbocycles. The minimum absolute atomic E-state index is 0.0156. The van der Waals surface area contributed by atoms with Crippen LogP contribution in [0.1, 0.15) is 19.4 Å². The topological polar surface area (TPSA) is 80.9 Å². The SMILES string of the molecule is CC1(C)C(=O)Nc2ccc(-c3ccnc(N)n3)cc21. The quantitative estimate of drug-likeness (QED) is 0.815. The summed E-state index contributed by atoms with van der Waals surface area (Å²) in [5.74, 6) is 0.258. The summed E-state index contributed by atoms with van der Waals surface area (Å²) < 4.78 is 0. The van der Waals surface area contributed by atoms with Gasteiger partial charge in [0.2, 0.25) is 11.9 Å². The van der Waals surface area contributed by atoms with Crippen LogP contribution in [0, 0.1) is 0 Å². The molecule has 1 aliphatic rings. The number of carbonyl (C=O) groups is 1. The van der Waals surface area contributed by atoms with Crippen LogP contribution in [0.3, 0.4) is 0 Å². The molecule has 0 bridgehead atoms. The average molecular weight is 254 g/mol. The van der Waals surface area contributed by atoms with Crippen molar-refractivity contribution in [1.82, 2.24) is 9.97 Å². The summed E-state index contributed by atoms with van der Waals surface area (Å²) in [4.78, 5) is 20.0. The van der Waals surface area contributed by atoms with Gasteiger partial charge in [0, 0.05) is 17.4 Å². The fraction of sp³-hybridized carbons (Fsp3) is 0.214. The first-order chi connectivity index (χ1) is 8.98. The predicted molar refractivity (Wildman–Crippen MR) is 73.5 cm³/mol. The minimum Gasteiger partial charge on any atom is -0.368 e. The lowest BCUT2D eigenvalue weighted by Gasteiger charge is -2.15. The van der Waals surface area contributed by atoms with Gasteiger partial charge >= 0.3 is 0 Å². The van der Waals surface area contributed by atoms with Gasteiger partial charge in [-0.15, -0.1) is 0 Å². The molecule has 0 saturated heterocycles. The van der Waals surface area contributed by atoms with Crippen LogP contribution in [0.5, 0.6) is 0 Å². The summed E-state index contributed by atoms with van der Waals surface area (Å²) in [6.07, 6.45) is 1.62. The van der Waals surface area contributed by atoms with Gasteiger partial charge in [-0.3, -0.25) is 4.79 Å². The fourth-order valence-corrected chi connectivity index (χ4v) is 2.27. The summed E-state index contributed by atoms with van der Waals surface area (Å²) in [7, 11) is 0. The van der Waals surface area contributed by atoms with Crippen molar-refractivity contribution < 1.29 is 4.79 Å². The van der Waals surface area contributed by atoms with Crippen LogP contribution in [-0.2, 0) is 10.2 Å². The van der Waals surface area contributed by atoms with E-state index in [1.807, 2.05) is 32.0 Å². The molecular formula is C14H14N4O. The highest BCUT2D eigenvalue weighted by molar-refractivity contribution is 6.06. The van der Waals surface area contributed by atoms with E-state index in [0.29, 0.717) is 0 Å². The summed E-state index contributed by atoms with van der Waals surface area (Å²) in [5, 5.41) is 2.88. The molecule has 3 rings (SSSR count). The molecule has 1 aromatic carbocycles. The predicted octanol–water partition coefficient (Wildman–Crippen LogP) is 1.96. The molecule has 3 N–H and O–H groups in total. The van der Waals surface area contributed by atoms with E-state index >= 15 is 0 Å². The third-order valence-electron chi connectivity index (χ3n) is 3.48. The van der Waals surface area contributed by atoms with Crippen LogP contribution in [0.4, 0.5) is 11.6 Å². The number of rotatable bonds is 1. The van der Waals surface area contributed by atoms with Crippen molar-refractivity contribution in [2.24, 2.45) is 0 Å². The van der Waals surface area contributed by atoms with Crippen molar-refractivity contribution in [3.63, 3.8) is 0 Å². The maximum atomic E-state index is 11.9. The summed E-state index contributed by atoms with van der Waals surface area (Å²) in [6.45, 7) is 3.82. The zero-order chi connectivity index (χ0) is 13.6.